The number of carbonyl (C=O) groups excluding carboxylic acids is 2. The third-order valence-corrected chi connectivity index (χ3v) is 4.32. The number of carbonyl (C=O) groups is 2. The highest BCUT2D eigenvalue weighted by molar-refractivity contribution is 9.10. The molecule has 0 spiro atoms. The van der Waals surface area contributed by atoms with Crippen LogP contribution >= 0.6 is 15.9 Å². The van der Waals surface area contributed by atoms with Gasteiger partial charge in [-0.2, -0.15) is 0 Å². The van der Waals surface area contributed by atoms with E-state index in [1.165, 1.54) is 6.26 Å². The number of hydrogen-bond donors (Lipinski definition) is 0. The van der Waals surface area contributed by atoms with Gasteiger partial charge in [0.25, 0.3) is 5.91 Å². The standard InChI is InChI=1S/C16H15BrN2O3/c1-11-15(20)19(13-6-4-12(17)5-7-13)9-8-18(11)16(21)14-3-2-10-22-14/h2-7,10-11H,8-9H2,1H3. The van der Waals surface area contributed by atoms with Gasteiger partial charge >= 0.3 is 0 Å². The minimum Gasteiger partial charge on any atom is -0.459 e. The lowest BCUT2D eigenvalue weighted by atomic mass is 10.1. The maximum absolute atomic E-state index is 12.6. The molecule has 1 aromatic carbocycles. The van der Waals surface area contributed by atoms with Crippen molar-refractivity contribution in [2.24, 2.45) is 0 Å². The van der Waals surface area contributed by atoms with Crippen LogP contribution in [0, 0.1) is 0 Å². The van der Waals surface area contributed by atoms with E-state index in [4.69, 9.17) is 4.42 Å². The maximum Gasteiger partial charge on any atom is 0.290 e. The van der Waals surface area contributed by atoms with Crippen LogP contribution in [0.4, 0.5) is 5.69 Å². The van der Waals surface area contributed by atoms with Gasteiger partial charge in [-0.15, -0.1) is 0 Å². The number of anilines is 1. The topological polar surface area (TPSA) is 53.8 Å². The second-order valence-electron chi connectivity index (χ2n) is 5.12. The predicted octanol–water partition coefficient (Wildman–Crippen LogP) is 2.92. The van der Waals surface area contributed by atoms with Gasteiger partial charge in [0.05, 0.1) is 6.26 Å². The van der Waals surface area contributed by atoms with Gasteiger partial charge in [0.1, 0.15) is 6.04 Å². The van der Waals surface area contributed by atoms with Gasteiger partial charge in [0.15, 0.2) is 5.76 Å². The van der Waals surface area contributed by atoms with Crippen molar-refractivity contribution in [2.75, 3.05) is 18.0 Å². The summed E-state index contributed by atoms with van der Waals surface area (Å²) in [5, 5.41) is 0. The average molecular weight is 363 g/mol. The molecule has 0 aliphatic carbocycles. The van der Waals surface area contributed by atoms with Crippen LogP contribution in [-0.4, -0.2) is 35.8 Å². The molecule has 2 heterocycles. The molecule has 1 aromatic heterocycles. The average Bonchev–Trinajstić information content (AvgIpc) is 3.05. The largest absolute Gasteiger partial charge is 0.459 e. The zero-order valence-electron chi connectivity index (χ0n) is 12.0. The molecule has 0 saturated carbocycles. The van der Waals surface area contributed by atoms with E-state index < -0.39 is 6.04 Å². The Morgan fingerprint density at radius 1 is 1.23 bits per heavy atom. The van der Waals surface area contributed by atoms with Crippen LogP contribution < -0.4 is 4.90 Å². The molecule has 1 fully saturated rings. The maximum atomic E-state index is 12.6. The van der Waals surface area contributed by atoms with Crippen molar-refractivity contribution >= 4 is 33.4 Å². The van der Waals surface area contributed by atoms with Crippen molar-refractivity contribution in [3.63, 3.8) is 0 Å². The lowest BCUT2D eigenvalue weighted by molar-refractivity contribution is -0.124. The molecule has 1 atom stereocenters. The zero-order chi connectivity index (χ0) is 15.7. The van der Waals surface area contributed by atoms with E-state index in [0.717, 1.165) is 10.2 Å². The fraction of sp³-hybridized carbons (Fsp3) is 0.250. The molecule has 5 nitrogen and oxygen atoms in total. The summed E-state index contributed by atoms with van der Waals surface area (Å²) in [5.74, 6) is -0.0773. The van der Waals surface area contributed by atoms with Crippen LogP contribution in [0.1, 0.15) is 17.5 Å². The lowest BCUT2D eigenvalue weighted by Crippen LogP contribution is -2.57. The summed E-state index contributed by atoms with van der Waals surface area (Å²) < 4.78 is 6.10. The Kier molecular flexibility index (Phi) is 4.02. The molecule has 0 bridgehead atoms. The first kappa shape index (κ1) is 14.8. The van der Waals surface area contributed by atoms with Crippen molar-refractivity contribution < 1.29 is 14.0 Å². The summed E-state index contributed by atoms with van der Waals surface area (Å²) in [4.78, 5) is 28.2. The molecule has 6 heteroatoms. The molecule has 1 aliphatic rings. The minimum absolute atomic E-state index is 0.0894. The number of amides is 2. The van der Waals surface area contributed by atoms with E-state index in [-0.39, 0.29) is 17.6 Å². The first-order valence-corrected chi connectivity index (χ1v) is 7.78. The first-order valence-electron chi connectivity index (χ1n) is 6.99. The van der Waals surface area contributed by atoms with Crippen molar-refractivity contribution in [3.05, 3.63) is 52.9 Å². The fourth-order valence-electron chi connectivity index (χ4n) is 2.57. The van der Waals surface area contributed by atoms with Gasteiger partial charge in [0.2, 0.25) is 5.91 Å². The molecule has 2 amide bonds. The Morgan fingerprint density at radius 3 is 2.59 bits per heavy atom. The van der Waals surface area contributed by atoms with E-state index in [9.17, 15) is 9.59 Å². The second-order valence-corrected chi connectivity index (χ2v) is 6.03. The summed E-state index contributed by atoms with van der Waals surface area (Å²) in [6, 6.07) is 10.3. The Hall–Kier alpha value is -2.08. The highest BCUT2D eigenvalue weighted by Crippen LogP contribution is 2.23. The second kappa shape index (κ2) is 5.96. The van der Waals surface area contributed by atoms with Crippen molar-refractivity contribution in [2.45, 2.75) is 13.0 Å². The van der Waals surface area contributed by atoms with Crippen molar-refractivity contribution in [3.8, 4) is 0 Å². The van der Waals surface area contributed by atoms with E-state index in [2.05, 4.69) is 15.9 Å². The summed E-state index contributed by atoms with van der Waals surface area (Å²) in [6.07, 6.45) is 1.46. The fourth-order valence-corrected chi connectivity index (χ4v) is 2.83. The molecular formula is C16H15BrN2O3. The number of hydrogen-bond acceptors (Lipinski definition) is 3. The zero-order valence-corrected chi connectivity index (χ0v) is 13.6. The number of halogens is 1. The SMILES string of the molecule is CC1C(=O)N(c2ccc(Br)cc2)CCN1C(=O)c1ccco1. The number of rotatable bonds is 2. The lowest BCUT2D eigenvalue weighted by Gasteiger charge is -2.38. The van der Waals surface area contributed by atoms with Crippen LogP contribution in [0.3, 0.4) is 0 Å². The van der Waals surface area contributed by atoms with Crippen molar-refractivity contribution in [1.29, 1.82) is 0 Å². The van der Waals surface area contributed by atoms with Crippen LogP contribution in [0.5, 0.6) is 0 Å². The highest BCUT2D eigenvalue weighted by atomic mass is 79.9. The molecule has 0 radical (unpaired) electrons. The van der Waals surface area contributed by atoms with Gasteiger partial charge in [0, 0.05) is 23.2 Å². The number of benzene rings is 1. The highest BCUT2D eigenvalue weighted by Gasteiger charge is 2.36. The van der Waals surface area contributed by atoms with E-state index in [1.54, 1.807) is 28.9 Å². The van der Waals surface area contributed by atoms with Crippen LogP contribution in [0.15, 0.2) is 51.6 Å². The molecule has 1 unspecified atom stereocenters. The molecule has 1 aliphatic heterocycles. The van der Waals surface area contributed by atoms with E-state index in [1.807, 2.05) is 24.3 Å². The van der Waals surface area contributed by atoms with Gasteiger partial charge < -0.3 is 14.2 Å². The normalized spacial score (nSPS) is 18.6. The Morgan fingerprint density at radius 2 is 1.95 bits per heavy atom. The molecule has 114 valence electrons. The summed E-state index contributed by atoms with van der Waals surface area (Å²) in [5.41, 5.74) is 0.838. The van der Waals surface area contributed by atoms with E-state index >= 15 is 0 Å². The molecule has 0 N–H and O–H groups in total. The Labute approximate surface area is 136 Å². The van der Waals surface area contributed by atoms with Crippen LogP contribution in [-0.2, 0) is 4.79 Å². The van der Waals surface area contributed by atoms with Crippen LogP contribution in [0.2, 0.25) is 0 Å². The molecule has 3 rings (SSSR count). The quantitative estimate of drug-likeness (QED) is 0.825. The van der Waals surface area contributed by atoms with Crippen molar-refractivity contribution in [1.82, 2.24) is 4.90 Å². The smallest absolute Gasteiger partial charge is 0.290 e. The monoisotopic (exact) mass is 362 g/mol. The molecule has 2 aromatic rings. The number of nitrogens with zero attached hydrogens (tertiary/aromatic N) is 2. The minimum atomic E-state index is -0.519. The van der Waals surface area contributed by atoms with Gasteiger partial charge in [-0.3, -0.25) is 9.59 Å². The predicted molar refractivity (Wildman–Crippen MR) is 85.7 cm³/mol. The van der Waals surface area contributed by atoms with Gasteiger partial charge in [-0.1, -0.05) is 15.9 Å². The van der Waals surface area contributed by atoms with E-state index in [0.29, 0.717) is 13.1 Å². The summed E-state index contributed by atoms with van der Waals surface area (Å²) in [6.45, 7) is 2.69. The third-order valence-electron chi connectivity index (χ3n) is 3.79. The molecule has 1 saturated heterocycles. The van der Waals surface area contributed by atoms with Gasteiger partial charge in [-0.25, -0.2) is 0 Å². The Bertz CT molecular complexity index is 682. The molecule has 22 heavy (non-hydrogen) atoms. The third kappa shape index (κ3) is 2.66. The first-order chi connectivity index (χ1) is 10.6. The number of piperazine rings is 1. The van der Waals surface area contributed by atoms with Crippen LogP contribution in [0.25, 0.3) is 0 Å². The molecular weight excluding hydrogens is 348 g/mol. The summed E-state index contributed by atoms with van der Waals surface area (Å²) in [7, 11) is 0. The summed E-state index contributed by atoms with van der Waals surface area (Å²) >= 11 is 3.38. The Balaban J connectivity index is 1.78. The number of furan rings is 1. The van der Waals surface area contributed by atoms with Gasteiger partial charge in [-0.05, 0) is 43.3 Å².